The van der Waals surface area contributed by atoms with Crippen LogP contribution in [-0.2, 0) is 21.2 Å². The minimum Gasteiger partial charge on any atom is -0.489 e. The van der Waals surface area contributed by atoms with Gasteiger partial charge in [-0.25, -0.2) is 13.1 Å². The first-order valence-corrected chi connectivity index (χ1v) is 16.3. The largest absolute Gasteiger partial charge is 0.489 e. The smallest absolute Gasteiger partial charge is 0.266 e. The second-order valence-corrected chi connectivity index (χ2v) is 14.1. The number of para-hydroxylation sites is 1. The molecule has 3 heterocycles. The van der Waals surface area contributed by atoms with Crippen LogP contribution >= 0.6 is 35.6 Å². The van der Waals surface area contributed by atoms with E-state index in [1.165, 1.54) is 16.7 Å². The number of carbonyl (C=O) groups is 1. The summed E-state index contributed by atoms with van der Waals surface area (Å²) < 4.78 is 32.3. The van der Waals surface area contributed by atoms with Gasteiger partial charge < -0.3 is 4.74 Å². The topological polar surface area (TPSA) is 81.5 Å². The van der Waals surface area contributed by atoms with Gasteiger partial charge in [0.15, 0.2) is 9.84 Å². The van der Waals surface area contributed by atoms with Crippen molar-refractivity contribution in [1.82, 2.24) is 14.7 Å². The molecule has 3 aromatic carbocycles. The van der Waals surface area contributed by atoms with Gasteiger partial charge in [-0.05, 0) is 54.5 Å². The molecule has 0 bridgehead atoms. The molecule has 11 heteroatoms. The molecule has 1 atom stereocenters. The molecule has 1 amide bonds. The van der Waals surface area contributed by atoms with Crippen LogP contribution in [0.2, 0.25) is 5.02 Å². The molecule has 2 aliphatic heterocycles. The van der Waals surface area contributed by atoms with Crippen molar-refractivity contribution in [2.24, 2.45) is 0 Å². The summed E-state index contributed by atoms with van der Waals surface area (Å²) in [5, 5.41) is 5.55. The summed E-state index contributed by atoms with van der Waals surface area (Å²) in [4.78, 5) is 15.3. The van der Waals surface area contributed by atoms with Crippen LogP contribution in [0.15, 0.2) is 90.0 Å². The highest BCUT2D eigenvalue weighted by atomic mass is 35.5. The number of benzene rings is 3. The molecular weight excluding hydrogens is 598 g/mol. The summed E-state index contributed by atoms with van der Waals surface area (Å²) in [6, 6.07) is 24.4. The number of thiocarbonyl (C=S) groups is 1. The standard InChI is InChI=1S/C30H24ClN3O4S3/c31-23-11-9-20(10-12-23)18-38-26-8-4-5-21(15-26)28-22(17-33(32-28)24-6-2-1-3-7-24)16-27-29(35)34(30(39)40-27)25-13-14-41(36,37)19-25/h1-12,15-17,25H,13-14,18-19H2/b27-16-. The normalized spacial score (nSPS) is 19.3. The van der Waals surface area contributed by atoms with E-state index in [1.54, 1.807) is 10.8 Å². The van der Waals surface area contributed by atoms with Crippen LogP contribution in [0.25, 0.3) is 23.0 Å². The first kappa shape index (κ1) is 27.7. The van der Waals surface area contributed by atoms with E-state index in [9.17, 15) is 13.2 Å². The monoisotopic (exact) mass is 621 g/mol. The molecule has 41 heavy (non-hydrogen) atoms. The van der Waals surface area contributed by atoms with Gasteiger partial charge in [0, 0.05) is 22.3 Å². The Balaban J connectivity index is 1.33. The molecule has 2 aliphatic rings. The lowest BCUT2D eigenvalue weighted by atomic mass is 10.1. The third kappa shape index (κ3) is 6.11. The van der Waals surface area contributed by atoms with Crippen LogP contribution in [0.5, 0.6) is 5.75 Å². The number of thioether (sulfide) groups is 1. The summed E-state index contributed by atoms with van der Waals surface area (Å²) >= 11 is 12.7. The summed E-state index contributed by atoms with van der Waals surface area (Å²) in [6.45, 7) is 0.380. The van der Waals surface area contributed by atoms with Crippen LogP contribution in [-0.4, -0.2) is 50.9 Å². The number of amides is 1. The van der Waals surface area contributed by atoms with Gasteiger partial charge in [-0.15, -0.1) is 0 Å². The molecule has 0 saturated carbocycles. The average molecular weight is 622 g/mol. The predicted octanol–water partition coefficient (Wildman–Crippen LogP) is 6.16. The second-order valence-electron chi connectivity index (χ2n) is 9.76. The molecule has 4 aromatic rings. The number of ether oxygens (including phenoxy) is 1. The van der Waals surface area contributed by atoms with Crippen molar-refractivity contribution in [3.8, 4) is 22.7 Å². The van der Waals surface area contributed by atoms with Gasteiger partial charge in [0.05, 0.1) is 28.1 Å². The fourth-order valence-electron chi connectivity index (χ4n) is 4.83. The van der Waals surface area contributed by atoms with E-state index in [2.05, 4.69) is 0 Å². The average Bonchev–Trinajstić information content (AvgIpc) is 3.63. The maximum atomic E-state index is 13.4. The van der Waals surface area contributed by atoms with E-state index in [0.29, 0.717) is 38.7 Å². The van der Waals surface area contributed by atoms with Crippen molar-refractivity contribution < 1.29 is 17.9 Å². The van der Waals surface area contributed by atoms with E-state index in [0.717, 1.165) is 22.4 Å². The summed E-state index contributed by atoms with van der Waals surface area (Å²) in [6.07, 6.45) is 4.05. The maximum Gasteiger partial charge on any atom is 0.266 e. The van der Waals surface area contributed by atoms with Gasteiger partial charge in [0.25, 0.3) is 5.91 Å². The number of rotatable bonds is 7. The van der Waals surface area contributed by atoms with E-state index >= 15 is 0 Å². The molecule has 6 rings (SSSR count). The minimum absolute atomic E-state index is 0.0628. The fourth-order valence-corrected chi connectivity index (χ4v) is 8.04. The summed E-state index contributed by atoms with van der Waals surface area (Å²) in [7, 11) is -3.17. The number of hydrogen-bond acceptors (Lipinski definition) is 7. The van der Waals surface area contributed by atoms with Crippen molar-refractivity contribution in [2.45, 2.75) is 19.1 Å². The predicted molar refractivity (Wildman–Crippen MR) is 167 cm³/mol. The third-order valence-corrected chi connectivity index (χ3v) is 10.2. The SMILES string of the molecule is O=C1/C(=C/c2cn(-c3ccccc3)nc2-c2cccc(OCc3ccc(Cl)cc3)c2)SC(=S)N1C1CCS(=O)(=O)C1. The third-order valence-electron chi connectivity index (χ3n) is 6.87. The lowest BCUT2D eigenvalue weighted by Crippen LogP contribution is -2.39. The molecule has 0 radical (unpaired) electrons. The molecule has 2 fully saturated rings. The Labute approximate surface area is 252 Å². The van der Waals surface area contributed by atoms with Gasteiger partial charge in [0.2, 0.25) is 0 Å². The molecule has 7 nitrogen and oxygen atoms in total. The Morgan fingerprint density at radius 2 is 1.85 bits per heavy atom. The van der Waals surface area contributed by atoms with Crippen molar-refractivity contribution in [3.63, 3.8) is 0 Å². The number of sulfone groups is 1. The van der Waals surface area contributed by atoms with Crippen molar-refractivity contribution in [2.75, 3.05) is 11.5 Å². The second kappa shape index (κ2) is 11.4. The van der Waals surface area contributed by atoms with E-state index in [-0.39, 0.29) is 17.4 Å². The zero-order valence-electron chi connectivity index (χ0n) is 21.6. The van der Waals surface area contributed by atoms with E-state index < -0.39 is 15.9 Å². The van der Waals surface area contributed by atoms with Crippen LogP contribution in [0, 0.1) is 0 Å². The Kier molecular flexibility index (Phi) is 7.74. The van der Waals surface area contributed by atoms with Crippen LogP contribution in [0.3, 0.4) is 0 Å². The van der Waals surface area contributed by atoms with Crippen molar-refractivity contribution in [3.05, 3.63) is 106 Å². The maximum absolute atomic E-state index is 13.4. The molecule has 0 aliphatic carbocycles. The van der Waals surface area contributed by atoms with Gasteiger partial charge in [-0.3, -0.25) is 9.69 Å². The first-order chi connectivity index (χ1) is 19.8. The van der Waals surface area contributed by atoms with Crippen molar-refractivity contribution in [1.29, 1.82) is 0 Å². The summed E-state index contributed by atoms with van der Waals surface area (Å²) in [5.74, 6) is 0.400. The Morgan fingerprint density at radius 3 is 2.59 bits per heavy atom. The van der Waals surface area contributed by atoms with Crippen LogP contribution in [0.4, 0.5) is 0 Å². The van der Waals surface area contributed by atoms with Crippen molar-refractivity contribution >= 4 is 61.7 Å². The molecular formula is C30H24ClN3O4S3. The zero-order valence-corrected chi connectivity index (χ0v) is 24.8. The highest BCUT2D eigenvalue weighted by Gasteiger charge is 2.42. The highest BCUT2D eigenvalue weighted by Crippen LogP contribution is 2.38. The van der Waals surface area contributed by atoms with Gasteiger partial charge >= 0.3 is 0 Å². The lowest BCUT2D eigenvalue weighted by Gasteiger charge is -2.20. The first-order valence-electron chi connectivity index (χ1n) is 12.9. The molecule has 208 valence electrons. The molecule has 0 N–H and O–H groups in total. The number of halogens is 1. The quantitative estimate of drug-likeness (QED) is 0.181. The van der Waals surface area contributed by atoms with Gasteiger partial charge in [-0.1, -0.05) is 78.0 Å². The molecule has 1 unspecified atom stereocenters. The fraction of sp³-hybridized carbons (Fsp3) is 0.167. The highest BCUT2D eigenvalue weighted by molar-refractivity contribution is 8.26. The van der Waals surface area contributed by atoms with Crippen LogP contribution < -0.4 is 4.74 Å². The molecule has 1 aromatic heterocycles. The number of carbonyl (C=O) groups excluding carboxylic acids is 1. The number of hydrogen-bond donors (Lipinski definition) is 0. The Bertz CT molecular complexity index is 1770. The lowest BCUT2D eigenvalue weighted by molar-refractivity contribution is -0.123. The van der Waals surface area contributed by atoms with Gasteiger partial charge in [0.1, 0.15) is 22.4 Å². The Morgan fingerprint density at radius 1 is 1.07 bits per heavy atom. The van der Waals surface area contributed by atoms with Gasteiger partial charge in [-0.2, -0.15) is 5.10 Å². The minimum atomic E-state index is -3.17. The van der Waals surface area contributed by atoms with Crippen LogP contribution in [0.1, 0.15) is 17.5 Å². The van der Waals surface area contributed by atoms with E-state index in [1.807, 2.05) is 85.1 Å². The molecule has 2 saturated heterocycles. The van der Waals surface area contributed by atoms with E-state index in [4.69, 9.17) is 33.7 Å². The summed E-state index contributed by atoms with van der Waals surface area (Å²) in [5.41, 5.74) is 4.07. The molecule has 0 spiro atoms. The number of aromatic nitrogens is 2. The zero-order chi connectivity index (χ0) is 28.6. The number of nitrogens with zero attached hydrogens (tertiary/aromatic N) is 3. The Hall–Kier alpha value is -3.44.